The standard InChI is InChI=1S/C56H37NOS/c1-55(2)41-20-7-5-17-37(41)38-31-30-35(33-46(38)55)57(48-25-13-19-40-39-18-6-12-28-51(39)59-54(40)48)47-24-14-23-44-53(47)52-36-16-4-3-15-34(36)29-32-45(52)56(44)42-21-8-10-26-49(42)58-50-27-11-9-22-43(50)56/h3-33H,1-2H3. The highest BCUT2D eigenvalue weighted by Crippen LogP contribution is 2.65. The second kappa shape index (κ2) is 11.8. The molecule has 0 fully saturated rings. The molecule has 0 N–H and O–H groups in total. The normalized spacial score (nSPS) is 14.7. The average Bonchev–Trinajstić information content (AvgIpc) is 3.89. The zero-order chi connectivity index (χ0) is 39.0. The Hall–Kier alpha value is -6.94. The minimum absolute atomic E-state index is 0.155. The lowest BCUT2D eigenvalue weighted by molar-refractivity contribution is 0.436. The van der Waals surface area contributed by atoms with Crippen molar-refractivity contribution in [1.82, 2.24) is 0 Å². The van der Waals surface area contributed by atoms with E-state index in [4.69, 9.17) is 4.74 Å². The summed E-state index contributed by atoms with van der Waals surface area (Å²) in [5, 5.41) is 5.06. The molecule has 0 bridgehead atoms. The molecule has 3 heteroatoms. The third-order valence-corrected chi connectivity index (χ3v) is 14.7. The summed E-state index contributed by atoms with van der Waals surface area (Å²) in [7, 11) is 0. The van der Waals surface area contributed by atoms with Crippen molar-refractivity contribution in [3.63, 3.8) is 0 Å². The minimum atomic E-state index is -0.604. The number of hydrogen-bond acceptors (Lipinski definition) is 3. The lowest BCUT2D eigenvalue weighted by Crippen LogP contribution is -2.32. The summed E-state index contributed by atoms with van der Waals surface area (Å²) in [4.78, 5) is 2.58. The van der Waals surface area contributed by atoms with E-state index in [1.807, 2.05) is 11.3 Å². The summed E-state index contributed by atoms with van der Waals surface area (Å²) < 4.78 is 9.33. The molecule has 3 aliphatic rings. The molecule has 1 aliphatic heterocycles. The summed E-state index contributed by atoms with van der Waals surface area (Å²) in [5.41, 5.74) is 15.5. The highest BCUT2D eigenvalue weighted by Gasteiger charge is 2.52. The van der Waals surface area contributed by atoms with Gasteiger partial charge < -0.3 is 9.64 Å². The summed E-state index contributed by atoms with van der Waals surface area (Å²) >= 11 is 1.89. The van der Waals surface area contributed by atoms with Crippen molar-refractivity contribution in [2.45, 2.75) is 24.7 Å². The van der Waals surface area contributed by atoms with Gasteiger partial charge in [-0.15, -0.1) is 11.3 Å². The van der Waals surface area contributed by atoms with Crippen LogP contribution in [0.3, 0.4) is 0 Å². The zero-order valence-electron chi connectivity index (χ0n) is 32.7. The maximum absolute atomic E-state index is 6.75. The van der Waals surface area contributed by atoms with E-state index in [9.17, 15) is 0 Å². The van der Waals surface area contributed by atoms with Gasteiger partial charge in [0.2, 0.25) is 0 Å². The number of para-hydroxylation sites is 2. The molecule has 10 aromatic rings. The molecular weight excluding hydrogens is 735 g/mol. The van der Waals surface area contributed by atoms with Gasteiger partial charge in [-0.05, 0) is 92.2 Å². The van der Waals surface area contributed by atoms with Gasteiger partial charge in [-0.2, -0.15) is 0 Å². The van der Waals surface area contributed by atoms with Crippen LogP contribution in [-0.2, 0) is 10.8 Å². The van der Waals surface area contributed by atoms with Crippen molar-refractivity contribution in [2.75, 3.05) is 4.90 Å². The van der Waals surface area contributed by atoms with E-state index in [0.717, 1.165) is 22.9 Å². The first kappa shape index (κ1) is 33.1. The van der Waals surface area contributed by atoms with Crippen LogP contribution < -0.4 is 9.64 Å². The second-order valence-electron chi connectivity index (χ2n) is 16.7. The van der Waals surface area contributed by atoms with E-state index < -0.39 is 5.41 Å². The molecule has 1 spiro atoms. The molecule has 9 aromatic carbocycles. The Morgan fingerprint density at radius 2 is 1.05 bits per heavy atom. The van der Waals surface area contributed by atoms with E-state index in [-0.39, 0.29) is 5.41 Å². The van der Waals surface area contributed by atoms with Gasteiger partial charge >= 0.3 is 0 Å². The number of rotatable bonds is 3. The number of fused-ring (bicyclic) bond motifs is 17. The van der Waals surface area contributed by atoms with Crippen LogP contribution in [0.4, 0.5) is 17.1 Å². The van der Waals surface area contributed by atoms with Crippen molar-refractivity contribution in [3.8, 4) is 33.8 Å². The number of thiophene rings is 1. The van der Waals surface area contributed by atoms with Gasteiger partial charge in [0.05, 0.1) is 21.5 Å². The second-order valence-corrected chi connectivity index (χ2v) is 17.8. The third-order valence-electron chi connectivity index (χ3n) is 13.5. The predicted molar refractivity (Wildman–Crippen MR) is 246 cm³/mol. The van der Waals surface area contributed by atoms with Crippen LogP contribution in [0.15, 0.2) is 188 Å². The summed E-state index contributed by atoms with van der Waals surface area (Å²) in [5.74, 6) is 1.80. The van der Waals surface area contributed by atoms with Gasteiger partial charge in [-0.1, -0.05) is 159 Å². The number of nitrogens with zero attached hydrogens (tertiary/aromatic N) is 1. The molecule has 0 saturated carbocycles. The van der Waals surface area contributed by atoms with E-state index in [0.29, 0.717) is 0 Å². The minimum Gasteiger partial charge on any atom is -0.457 e. The first-order chi connectivity index (χ1) is 29.0. The summed E-state index contributed by atoms with van der Waals surface area (Å²) in [6.07, 6.45) is 0. The number of ether oxygens (including phenoxy) is 1. The van der Waals surface area contributed by atoms with Crippen LogP contribution in [0.2, 0.25) is 0 Å². The third kappa shape index (κ3) is 4.25. The fourth-order valence-corrected chi connectivity index (χ4v) is 12.2. The van der Waals surface area contributed by atoms with Crippen LogP contribution in [-0.4, -0.2) is 0 Å². The Balaban J connectivity index is 1.18. The van der Waals surface area contributed by atoms with Crippen molar-refractivity contribution in [3.05, 3.63) is 221 Å². The molecular formula is C56H37NOS. The Morgan fingerprint density at radius 3 is 1.88 bits per heavy atom. The monoisotopic (exact) mass is 771 g/mol. The molecule has 2 heterocycles. The highest BCUT2D eigenvalue weighted by atomic mass is 32.1. The van der Waals surface area contributed by atoms with Gasteiger partial charge in [-0.3, -0.25) is 0 Å². The SMILES string of the molecule is CC1(C)c2ccccc2-c2ccc(N(c3cccc4c3-c3c(ccc5ccccc35)C43c4ccccc4Oc4ccccc43)c3cccc4c3sc3ccccc34)cc21. The molecule has 0 amide bonds. The van der Waals surface area contributed by atoms with Crippen molar-refractivity contribution >= 4 is 59.3 Å². The largest absolute Gasteiger partial charge is 0.457 e. The maximum Gasteiger partial charge on any atom is 0.132 e. The fourth-order valence-electron chi connectivity index (χ4n) is 11.0. The number of hydrogen-bond donors (Lipinski definition) is 0. The molecule has 1 aromatic heterocycles. The smallest absolute Gasteiger partial charge is 0.132 e. The van der Waals surface area contributed by atoms with Crippen LogP contribution in [0.5, 0.6) is 11.5 Å². The van der Waals surface area contributed by atoms with Crippen LogP contribution in [0.1, 0.15) is 47.2 Å². The van der Waals surface area contributed by atoms with Gasteiger partial charge in [-0.25, -0.2) is 0 Å². The molecule has 2 aliphatic carbocycles. The zero-order valence-corrected chi connectivity index (χ0v) is 33.5. The topological polar surface area (TPSA) is 12.5 Å². The fraction of sp³-hybridized carbons (Fsp3) is 0.0714. The molecule has 13 rings (SSSR count). The van der Waals surface area contributed by atoms with Crippen molar-refractivity contribution < 1.29 is 4.74 Å². The molecule has 59 heavy (non-hydrogen) atoms. The first-order valence-corrected chi connectivity index (χ1v) is 21.3. The number of benzene rings is 9. The van der Waals surface area contributed by atoms with Crippen molar-refractivity contribution in [1.29, 1.82) is 0 Å². The highest BCUT2D eigenvalue weighted by molar-refractivity contribution is 7.26. The Kier molecular flexibility index (Phi) is 6.62. The molecule has 0 saturated heterocycles. The predicted octanol–water partition coefficient (Wildman–Crippen LogP) is 15.5. The van der Waals surface area contributed by atoms with E-state index >= 15 is 0 Å². The molecule has 2 nitrogen and oxygen atoms in total. The van der Waals surface area contributed by atoms with E-state index in [1.165, 1.54) is 92.3 Å². The summed E-state index contributed by atoms with van der Waals surface area (Å²) in [6.45, 7) is 4.76. The lowest BCUT2D eigenvalue weighted by Gasteiger charge is -2.39. The quantitative estimate of drug-likeness (QED) is 0.177. The van der Waals surface area contributed by atoms with E-state index in [2.05, 4.69) is 207 Å². The number of anilines is 3. The Bertz CT molecular complexity index is 3380. The molecule has 278 valence electrons. The van der Waals surface area contributed by atoms with Crippen LogP contribution in [0.25, 0.3) is 53.2 Å². The maximum atomic E-state index is 6.75. The Labute approximate surface area is 347 Å². The van der Waals surface area contributed by atoms with Crippen molar-refractivity contribution in [2.24, 2.45) is 0 Å². The van der Waals surface area contributed by atoms with Gasteiger partial charge in [0, 0.05) is 43.3 Å². The van der Waals surface area contributed by atoms with Gasteiger partial charge in [0.25, 0.3) is 0 Å². The molecule has 0 unspecified atom stereocenters. The van der Waals surface area contributed by atoms with Crippen LogP contribution >= 0.6 is 11.3 Å². The van der Waals surface area contributed by atoms with E-state index in [1.54, 1.807) is 0 Å². The first-order valence-electron chi connectivity index (χ1n) is 20.5. The summed E-state index contributed by atoms with van der Waals surface area (Å²) in [6, 6.07) is 69.9. The van der Waals surface area contributed by atoms with Gasteiger partial charge in [0.15, 0.2) is 0 Å². The average molecular weight is 772 g/mol. The van der Waals surface area contributed by atoms with Crippen LogP contribution in [0, 0.1) is 0 Å². The molecule has 0 atom stereocenters. The Morgan fingerprint density at radius 1 is 0.441 bits per heavy atom. The van der Waals surface area contributed by atoms with Gasteiger partial charge in [0.1, 0.15) is 11.5 Å². The lowest BCUT2D eigenvalue weighted by atomic mass is 9.66. The molecule has 0 radical (unpaired) electrons.